The van der Waals surface area contributed by atoms with Gasteiger partial charge in [0.05, 0.1) is 6.54 Å². The van der Waals surface area contributed by atoms with Crippen LogP contribution in [0.15, 0.2) is 4.99 Å². The Labute approximate surface area is 135 Å². The maximum atomic E-state index is 12.2. The molecule has 0 saturated carbocycles. The Morgan fingerprint density at radius 2 is 1.78 bits per heavy atom. The van der Waals surface area contributed by atoms with E-state index in [1.807, 2.05) is 27.7 Å². The number of aliphatic imine (C=N–C) groups is 1. The fourth-order valence-electron chi connectivity index (χ4n) is 1.70. The first-order valence-corrected chi connectivity index (χ1v) is 7.51. The third kappa shape index (κ3) is 13.8. The number of likely N-dealkylation sites (N-methyl/N-ethyl adjacent to an activating group) is 1. The van der Waals surface area contributed by atoms with Crippen LogP contribution in [0.1, 0.15) is 27.7 Å². The highest BCUT2D eigenvalue weighted by Crippen LogP contribution is 2.14. The number of hydrogen-bond acceptors (Lipinski definition) is 3. The van der Waals surface area contributed by atoms with Crippen molar-refractivity contribution in [1.82, 2.24) is 20.9 Å². The molecule has 23 heavy (non-hydrogen) atoms. The fraction of sp³-hybridized carbons (Fsp3) is 0.857. The Balaban J connectivity index is 4.30. The van der Waals surface area contributed by atoms with Gasteiger partial charge < -0.3 is 16.0 Å². The van der Waals surface area contributed by atoms with Crippen molar-refractivity contribution < 1.29 is 18.0 Å². The molecular formula is C14H28F3N5O. The number of nitrogens with zero attached hydrogens (tertiary/aromatic N) is 2. The fourth-order valence-corrected chi connectivity index (χ4v) is 1.70. The molecule has 0 aromatic rings. The molecule has 3 N–H and O–H groups in total. The highest BCUT2D eigenvalue weighted by atomic mass is 19.4. The first kappa shape index (κ1) is 21.5. The summed E-state index contributed by atoms with van der Waals surface area (Å²) in [5.41, 5.74) is -0.335. The second-order valence-electron chi connectivity index (χ2n) is 6.27. The van der Waals surface area contributed by atoms with Gasteiger partial charge in [-0.2, -0.15) is 13.2 Å². The van der Waals surface area contributed by atoms with E-state index in [2.05, 4.69) is 20.9 Å². The summed E-state index contributed by atoms with van der Waals surface area (Å²) in [6.07, 6.45) is -4.21. The Hall–Kier alpha value is -1.51. The van der Waals surface area contributed by atoms with Crippen molar-refractivity contribution >= 4 is 11.9 Å². The van der Waals surface area contributed by atoms with Crippen LogP contribution in [0.2, 0.25) is 0 Å². The molecule has 136 valence electrons. The third-order valence-corrected chi connectivity index (χ3v) is 2.47. The SMILES string of the molecule is CCNC(=NCC(=O)NC(C)(C)C)NCCN(C)CC(F)(F)F. The summed E-state index contributed by atoms with van der Waals surface area (Å²) in [5.74, 6) is 0.181. The van der Waals surface area contributed by atoms with Crippen molar-refractivity contribution in [3.05, 3.63) is 0 Å². The predicted octanol–water partition coefficient (Wildman–Crippen LogP) is 0.950. The van der Waals surface area contributed by atoms with Gasteiger partial charge in [0, 0.05) is 25.2 Å². The number of alkyl halides is 3. The Morgan fingerprint density at radius 1 is 1.17 bits per heavy atom. The van der Waals surface area contributed by atoms with Crippen LogP contribution in [-0.2, 0) is 4.79 Å². The van der Waals surface area contributed by atoms with Gasteiger partial charge in [0.1, 0.15) is 6.54 Å². The van der Waals surface area contributed by atoms with Crippen LogP contribution in [0.3, 0.4) is 0 Å². The lowest BCUT2D eigenvalue weighted by Crippen LogP contribution is -2.44. The molecule has 0 radical (unpaired) electrons. The van der Waals surface area contributed by atoms with E-state index >= 15 is 0 Å². The van der Waals surface area contributed by atoms with Crippen LogP contribution in [0, 0.1) is 0 Å². The van der Waals surface area contributed by atoms with Gasteiger partial charge in [-0.3, -0.25) is 9.69 Å². The van der Waals surface area contributed by atoms with Gasteiger partial charge in [0.15, 0.2) is 5.96 Å². The maximum Gasteiger partial charge on any atom is 0.401 e. The highest BCUT2D eigenvalue weighted by Gasteiger charge is 2.28. The molecule has 1 amide bonds. The molecule has 0 bridgehead atoms. The zero-order valence-corrected chi connectivity index (χ0v) is 14.5. The number of carbonyl (C=O) groups is 1. The van der Waals surface area contributed by atoms with E-state index in [1.165, 1.54) is 11.9 Å². The largest absolute Gasteiger partial charge is 0.401 e. The Kier molecular flexibility index (Phi) is 8.96. The number of rotatable bonds is 7. The number of guanidine groups is 1. The van der Waals surface area contributed by atoms with Gasteiger partial charge in [0.25, 0.3) is 0 Å². The zero-order valence-electron chi connectivity index (χ0n) is 14.5. The van der Waals surface area contributed by atoms with E-state index in [1.54, 1.807) is 0 Å². The smallest absolute Gasteiger partial charge is 0.357 e. The van der Waals surface area contributed by atoms with Gasteiger partial charge in [-0.05, 0) is 34.7 Å². The van der Waals surface area contributed by atoms with Gasteiger partial charge in [0.2, 0.25) is 5.91 Å². The van der Waals surface area contributed by atoms with Crippen molar-refractivity contribution in [1.29, 1.82) is 0 Å². The normalized spacial score (nSPS) is 13.2. The number of hydrogen-bond donors (Lipinski definition) is 3. The molecule has 0 aromatic heterocycles. The summed E-state index contributed by atoms with van der Waals surface area (Å²) < 4.78 is 36.6. The molecule has 9 heteroatoms. The van der Waals surface area contributed by atoms with Crippen LogP contribution >= 0.6 is 0 Å². The standard InChI is InChI=1S/C14H28F3N5O/c1-6-18-12(20-9-11(23)21-13(2,3)4)19-7-8-22(5)10-14(15,16)17/h6-10H2,1-5H3,(H,21,23)(H2,18,19,20). The highest BCUT2D eigenvalue weighted by molar-refractivity contribution is 5.85. The lowest BCUT2D eigenvalue weighted by molar-refractivity contribution is -0.142. The molecule has 0 spiro atoms. The average molecular weight is 339 g/mol. The lowest BCUT2D eigenvalue weighted by atomic mass is 10.1. The third-order valence-electron chi connectivity index (χ3n) is 2.47. The van der Waals surface area contributed by atoms with E-state index in [0.717, 1.165) is 0 Å². The van der Waals surface area contributed by atoms with Crippen molar-refractivity contribution in [2.45, 2.75) is 39.4 Å². The average Bonchev–Trinajstić information content (AvgIpc) is 2.31. The van der Waals surface area contributed by atoms with Gasteiger partial charge >= 0.3 is 6.18 Å². The van der Waals surface area contributed by atoms with E-state index in [-0.39, 0.29) is 24.5 Å². The molecule has 0 aliphatic heterocycles. The van der Waals surface area contributed by atoms with Crippen LogP contribution in [0.5, 0.6) is 0 Å². The quantitative estimate of drug-likeness (QED) is 0.477. The van der Waals surface area contributed by atoms with E-state index in [4.69, 9.17) is 0 Å². The van der Waals surface area contributed by atoms with Crippen LogP contribution < -0.4 is 16.0 Å². The summed E-state index contributed by atoms with van der Waals surface area (Å²) in [4.78, 5) is 17.0. The minimum atomic E-state index is -4.21. The molecule has 0 rings (SSSR count). The topological polar surface area (TPSA) is 68.8 Å². The van der Waals surface area contributed by atoms with Gasteiger partial charge in [-0.15, -0.1) is 0 Å². The van der Waals surface area contributed by atoms with E-state index in [0.29, 0.717) is 19.0 Å². The predicted molar refractivity (Wildman–Crippen MR) is 85.4 cm³/mol. The molecule has 6 nitrogen and oxygen atoms in total. The Bertz CT molecular complexity index is 391. The summed E-state index contributed by atoms with van der Waals surface area (Å²) in [6, 6.07) is 0. The van der Waals surface area contributed by atoms with Gasteiger partial charge in [-0.1, -0.05) is 0 Å². The minimum absolute atomic E-state index is 0.0506. The van der Waals surface area contributed by atoms with E-state index < -0.39 is 12.7 Å². The number of carbonyl (C=O) groups excluding carboxylic acids is 1. The summed E-state index contributed by atoms with van der Waals surface area (Å²) in [7, 11) is 1.40. The molecular weight excluding hydrogens is 311 g/mol. The molecule has 0 fully saturated rings. The lowest BCUT2D eigenvalue weighted by Gasteiger charge is -2.20. The monoisotopic (exact) mass is 339 g/mol. The number of amides is 1. The molecule has 0 aromatic carbocycles. The molecule has 0 saturated heterocycles. The first-order chi connectivity index (χ1) is 10.4. The summed E-state index contributed by atoms with van der Waals surface area (Å²) >= 11 is 0. The molecule has 0 atom stereocenters. The minimum Gasteiger partial charge on any atom is -0.357 e. The van der Waals surface area contributed by atoms with Crippen LogP contribution in [0.4, 0.5) is 13.2 Å². The second kappa shape index (κ2) is 9.59. The number of nitrogens with one attached hydrogen (secondary N) is 3. The van der Waals surface area contributed by atoms with Crippen molar-refractivity contribution in [3.63, 3.8) is 0 Å². The zero-order chi connectivity index (χ0) is 18.1. The van der Waals surface area contributed by atoms with E-state index in [9.17, 15) is 18.0 Å². The number of halogens is 3. The van der Waals surface area contributed by atoms with Crippen molar-refractivity contribution in [2.24, 2.45) is 4.99 Å². The van der Waals surface area contributed by atoms with Crippen molar-refractivity contribution in [2.75, 3.05) is 39.8 Å². The Morgan fingerprint density at radius 3 is 2.26 bits per heavy atom. The summed E-state index contributed by atoms with van der Waals surface area (Å²) in [5, 5.41) is 8.63. The van der Waals surface area contributed by atoms with Crippen LogP contribution in [-0.4, -0.2) is 68.3 Å². The van der Waals surface area contributed by atoms with Crippen LogP contribution in [0.25, 0.3) is 0 Å². The molecule has 0 aliphatic rings. The maximum absolute atomic E-state index is 12.2. The van der Waals surface area contributed by atoms with Gasteiger partial charge in [-0.25, -0.2) is 4.99 Å². The first-order valence-electron chi connectivity index (χ1n) is 7.51. The second-order valence-corrected chi connectivity index (χ2v) is 6.27. The molecule has 0 aliphatic carbocycles. The molecule has 0 unspecified atom stereocenters. The summed E-state index contributed by atoms with van der Waals surface area (Å²) in [6.45, 7) is 7.55. The van der Waals surface area contributed by atoms with Crippen molar-refractivity contribution in [3.8, 4) is 0 Å². The molecule has 0 heterocycles.